The first kappa shape index (κ1) is 34.6. The van der Waals surface area contributed by atoms with Crippen LogP contribution in [0.15, 0.2) is 130 Å². The molecule has 0 fully saturated rings. The Balaban J connectivity index is 1.49. The number of nitrogens with zero attached hydrogens (tertiary/aromatic N) is 3. The molecule has 0 heterocycles. The number of aryl methyl sites for hydroxylation is 1. The van der Waals surface area contributed by atoms with Gasteiger partial charge in [0.1, 0.15) is 5.82 Å². The highest BCUT2D eigenvalue weighted by Crippen LogP contribution is 2.34. The molecule has 2 atom stereocenters. The molecule has 2 aromatic rings. The van der Waals surface area contributed by atoms with Crippen LogP contribution in [0.2, 0.25) is 0 Å². The summed E-state index contributed by atoms with van der Waals surface area (Å²) in [7, 11) is 0. The summed E-state index contributed by atoms with van der Waals surface area (Å²) in [6.45, 7) is 30.4. The van der Waals surface area contributed by atoms with Crippen LogP contribution in [-0.2, 0) is 13.0 Å². The molecular formula is C39H46FN7. The van der Waals surface area contributed by atoms with Crippen molar-refractivity contribution in [2.75, 3.05) is 5.32 Å². The van der Waals surface area contributed by atoms with Crippen molar-refractivity contribution in [2.24, 2.45) is 21.0 Å². The van der Waals surface area contributed by atoms with Crippen LogP contribution in [0.5, 0.6) is 0 Å². The third-order valence-corrected chi connectivity index (χ3v) is 8.26. The number of hydrazone groups is 1. The SMILES string of the molecule is C=NNC(=C)c1ccc2c(c1)CC[C@@H]2NC(=C)C(/C=C(\C)C(=C)NCc1ccc(F)c(NC2=CC(=C)C2C)c1)=N\C(C)=C\N=C(C)C. The van der Waals surface area contributed by atoms with Gasteiger partial charge < -0.3 is 16.0 Å². The highest BCUT2D eigenvalue weighted by atomic mass is 19.1. The summed E-state index contributed by atoms with van der Waals surface area (Å²) in [5.41, 5.74) is 15.0. The maximum Gasteiger partial charge on any atom is 0.146 e. The Morgan fingerprint density at radius 3 is 2.49 bits per heavy atom. The van der Waals surface area contributed by atoms with Gasteiger partial charge in [0.15, 0.2) is 0 Å². The normalized spacial score (nSPS) is 17.5. The van der Waals surface area contributed by atoms with E-state index in [-0.39, 0.29) is 17.8 Å². The van der Waals surface area contributed by atoms with E-state index in [1.807, 2.05) is 58.9 Å². The summed E-state index contributed by atoms with van der Waals surface area (Å²) in [5.74, 6) is -0.107. The number of hydrogen-bond acceptors (Lipinski definition) is 7. The number of fused-ring (bicyclic) bond motifs is 1. The second-order valence-corrected chi connectivity index (χ2v) is 12.2. The van der Waals surface area contributed by atoms with Crippen molar-refractivity contribution in [1.82, 2.24) is 16.1 Å². The van der Waals surface area contributed by atoms with E-state index in [2.05, 4.69) is 76.6 Å². The summed E-state index contributed by atoms with van der Waals surface area (Å²) in [6.07, 6.45) is 7.52. The number of rotatable bonds is 15. The largest absolute Gasteiger partial charge is 0.381 e. The molecule has 47 heavy (non-hydrogen) atoms. The highest BCUT2D eigenvalue weighted by Gasteiger charge is 2.24. The van der Waals surface area contributed by atoms with Crippen molar-refractivity contribution in [2.45, 2.75) is 60.0 Å². The van der Waals surface area contributed by atoms with Crippen LogP contribution in [0.4, 0.5) is 10.1 Å². The first-order chi connectivity index (χ1) is 22.4. The molecule has 0 aromatic heterocycles. The van der Waals surface area contributed by atoms with Gasteiger partial charge in [0, 0.05) is 42.5 Å². The number of halogens is 1. The van der Waals surface area contributed by atoms with Gasteiger partial charge in [0.2, 0.25) is 0 Å². The zero-order chi connectivity index (χ0) is 34.2. The lowest BCUT2D eigenvalue weighted by molar-refractivity contribution is 0.607. The molecule has 0 spiro atoms. The van der Waals surface area contributed by atoms with Gasteiger partial charge in [-0.25, -0.2) is 9.38 Å². The number of aliphatic imine (C=N–C) groups is 2. The number of nitrogens with one attached hydrogen (secondary N) is 4. The van der Waals surface area contributed by atoms with Crippen LogP contribution in [0.3, 0.4) is 0 Å². The van der Waals surface area contributed by atoms with E-state index in [1.165, 1.54) is 17.2 Å². The van der Waals surface area contributed by atoms with E-state index in [0.29, 0.717) is 29.3 Å². The average Bonchev–Trinajstić information content (AvgIpc) is 3.44. The van der Waals surface area contributed by atoms with Crippen LogP contribution >= 0.6 is 0 Å². The quantitative estimate of drug-likeness (QED) is 0.0901. The fourth-order valence-corrected chi connectivity index (χ4v) is 5.30. The van der Waals surface area contributed by atoms with Crippen molar-refractivity contribution in [3.8, 4) is 0 Å². The summed E-state index contributed by atoms with van der Waals surface area (Å²) >= 11 is 0. The van der Waals surface area contributed by atoms with Crippen LogP contribution in [0, 0.1) is 11.7 Å². The van der Waals surface area contributed by atoms with E-state index < -0.39 is 0 Å². The Kier molecular flexibility index (Phi) is 11.3. The summed E-state index contributed by atoms with van der Waals surface area (Å²) in [6, 6.07) is 11.5. The molecule has 2 aliphatic carbocycles. The zero-order valence-corrected chi connectivity index (χ0v) is 28.2. The maximum absolute atomic E-state index is 14.6. The Hall–Kier alpha value is -5.24. The lowest BCUT2D eigenvalue weighted by Gasteiger charge is -2.27. The van der Waals surface area contributed by atoms with Crippen LogP contribution < -0.4 is 21.4 Å². The van der Waals surface area contributed by atoms with Gasteiger partial charge in [0.05, 0.1) is 34.5 Å². The lowest BCUT2D eigenvalue weighted by Crippen LogP contribution is -2.23. The van der Waals surface area contributed by atoms with Crippen LogP contribution in [0.25, 0.3) is 5.70 Å². The predicted octanol–water partition coefficient (Wildman–Crippen LogP) is 8.63. The molecule has 7 nitrogen and oxygen atoms in total. The van der Waals surface area contributed by atoms with Crippen molar-refractivity contribution in [3.05, 3.63) is 143 Å². The van der Waals surface area contributed by atoms with Crippen molar-refractivity contribution in [3.63, 3.8) is 0 Å². The molecule has 4 N–H and O–H groups in total. The minimum atomic E-state index is -0.301. The standard InChI is InChI=1S/C39H46FN7/c1-23(2)42-21-26(5)44-38(30(9)45-36-16-13-33-20-32(12-14-34(33)36)29(8)47-41-10)18-25(4)28(7)43-22-31-11-15-35(40)39(19-31)46-37-17-24(3)27(37)6/h11-12,14-15,17-21,27,36,43,45-47H,3,7-10,13,16,22H2,1-2,4-6H3/b25-18+,26-21+,44-38-/t27?,36-/m0/s1. The van der Waals surface area contributed by atoms with Gasteiger partial charge in [-0.1, -0.05) is 51.4 Å². The predicted molar refractivity (Wildman–Crippen MR) is 198 cm³/mol. The molecular weight excluding hydrogens is 585 g/mol. The number of allylic oxidation sites excluding steroid dienone is 5. The summed E-state index contributed by atoms with van der Waals surface area (Å²) in [4.78, 5) is 9.30. The Bertz CT molecular complexity index is 1760. The van der Waals surface area contributed by atoms with Crippen molar-refractivity contribution < 1.29 is 4.39 Å². The highest BCUT2D eigenvalue weighted by molar-refractivity contribution is 6.08. The van der Waals surface area contributed by atoms with Crippen molar-refractivity contribution in [1.29, 1.82) is 0 Å². The first-order valence-electron chi connectivity index (χ1n) is 15.7. The maximum atomic E-state index is 14.6. The number of anilines is 1. The van der Waals surface area contributed by atoms with E-state index in [1.54, 1.807) is 12.3 Å². The number of benzene rings is 2. The fourth-order valence-electron chi connectivity index (χ4n) is 5.30. The third-order valence-electron chi connectivity index (χ3n) is 8.26. The molecule has 0 amide bonds. The monoisotopic (exact) mass is 631 g/mol. The summed E-state index contributed by atoms with van der Waals surface area (Å²) < 4.78 is 14.6. The van der Waals surface area contributed by atoms with Crippen molar-refractivity contribution >= 4 is 29.5 Å². The lowest BCUT2D eigenvalue weighted by atomic mass is 9.87. The van der Waals surface area contributed by atoms with Gasteiger partial charge in [0.25, 0.3) is 0 Å². The smallest absolute Gasteiger partial charge is 0.146 e. The molecule has 0 aliphatic heterocycles. The molecule has 0 bridgehead atoms. The van der Waals surface area contributed by atoms with E-state index in [4.69, 9.17) is 4.99 Å². The van der Waals surface area contributed by atoms with Gasteiger partial charge in [-0.2, -0.15) is 5.10 Å². The molecule has 4 rings (SSSR count). The summed E-state index contributed by atoms with van der Waals surface area (Å²) in [5, 5.41) is 13.9. The molecule has 0 saturated carbocycles. The number of hydrogen-bond donors (Lipinski definition) is 4. The van der Waals surface area contributed by atoms with Gasteiger partial charge in [-0.15, -0.1) is 0 Å². The molecule has 244 valence electrons. The minimum absolute atomic E-state index is 0.0868. The molecule has 8 heteroatoms. The zero-order valence-electron chi connectivity index (χ0n) is 28.2. The Morgan fingerprint density at radius 2 is 1.81 bits per heavy atom. The Morgan fingerprint density at radius 1 is 1.04 bits per heavy atom. The van der Waals surface area contributed by atoms with E-state index in [0.717, 1.165) is 57.9 Å². The Labute approximate surface area is 279 Å². The second kappa shape index (κ2) is 15.4. The minimum Gasteiger partial charge on any atom is -0.381 e. The molecule has 0 saturated heterocycles. The molecule has 1 unspecified atom stereocenters. The van der Waals surface area contributed by atoms with Gasteiger partial charge in [-0.05, 0) is 104 Å². The second-order valence-electron chi connectivity index (χ2n) is 12.2. The third kappa shape index (κ3) is 8.94. The van der Waals surface area contributed by atoms with E-state index in [9.17, 15) is 4.39 Å². The first-order valence-corrected chi connectivity index (χ1v) is 15.7. The molecule has 2 aromatic carbocycles. The molecule has 2 aliphatic rings. The van der Waals surface area contributed by atoms with Gasteiger partial charge >= 0.3 is 0 Å². The van der Waals surface area contributed by atoms with Crippen LogP contribution in [0.1, 0.15) is 69.3 Å². The average molecular weight is 632 g/mol. The van der Waals surface area contributed by atoms with Gasteiger partial charge in [-0.3, -0.25) is 10.4 Å². The fraction of sp³-hybridized carbons (Fsp3) is 0.256. The van der Waals surface area contributed by atoms with Crippen LogP contribution in [-0.4, -0.2) is 18.1 Å². The molecule has 0 radical (unpaired) electrons. The van der Waals surface area contributed by atoms with E-state index >= 15 is 0 Å². The topological polar surface area (TPSA) is 85.2 Å².